The molecular formula is C19H22N2O. The minimum atomic E-state index is 0.357. The third-order valence-corrected chi connectivity index (χ3v) is 3.87. The highest BCUT2D eigenvalue weighted by Gasteiger charge is 2.12. The molecule has 0 amide bonds. The fourth-order valence-corrected chi connectivity index (χ4v) is 2.81. The van der Waals surface area contributed by atoms with E-state index in [1.165, 1.54) is 10.9 Å². The Bertz CT molecular complexity index is 785. The van der Waals surface area contributed by atoms with Gasteiger partial charge >= 0.3 is 0 Å². The zero-order valence-electron chi connectivity index (χ0n) is 13.3. The predicted octanol–water partition coefficient (Wildman–Crippen LogP) is 4.69. The third kappa shape index (κ3) is 2.80. The number of nitrogens with two attached hydrogens (primary N) is 1. The minimum Gasteiger partial charge on any atom is -0.487 e. The Balaban J connectivity index is 1.92. The van der Waals surface area contributed by atoms with Crippen LogP contribution < -0.4 is 10.5 Å². The lowest BCUT2D eigenvalue weighted by Crippen LogP contribution is -2.08. The summed E-state index contributed by atoms with van der Waals surface area (Å²) in [4.78, 5) is 0. The van der Waals surface area contributed by atoms with E-state index in [0.29, 0.717) is 12.6 Å². The molecule has 0 atom stereocenters. The van der Waals surface area contributed by atoms with Crippen molar-refractivity contribution in [1.82, 2.24) is 4.57 Å². The average molecular weight is 294 g/mol. The van der Waals surface area contributed by atoms with Gasteiger partial charge in [0.2, 0.25) is 0 Å². The maximum absolute atomic E-state index is 5.95. The summed E-state index contributed by atoms with van der Waals surface area (Å²) in [6.45, 7) is 6.98. The Hall–Kier alpha value is -2.42. The molecule has 0 fully saturated rings. The fraction of sp³-hybridized carbons (Fsp3) is 0.263. The molecule has 0 saturated heterocycles. The topological polar surface area (TPSA) is 40.2 Å². The normalized spacial score (nSPS) is 11.3. The van der Waals surface area contributed by atoms with Crippen LogP contribution in [0.1, 0.15) is 31.1 Å². The summed E-state index contributed by atoms with van der Waals surface area (Å²) in [5, 5.41) is 1.20. The van der Waals surface area contributed by atoms with E-state index in [-0.39, 0.29) is 0 Å². The molecule has 0 unspecified atom stereocenters. The Kier molecular flexibility index (Phi) is 3.80. The molecule has 0 spiro atoms. The van der Waals surface area contributed by atoms with Crippen LogP contribution in [0.4, 0.5) is 5.69 Å². The number of aromatic nitrogens is 1. The molecule has 0 bridgehead atoms. The first kappa shape index (κ1) is 14.5. The number of benzene rings is 2. The first-order chi connectivity index (χ1) is 10.5. The van der Waals surface area contributed by atoms with E-state index in [1.807, 2.05) is 24.3 Å². The molecule has 0 aliphatic carbocycles. The van der Waals surface area contributed by atoms with Crippen molar-refractivity contribution in [2.45, 2.75) is 33.4 Å². The van der Waals surface area contributed by atoms with Gasteiger partial charge in [-0.2, -0.15) is 0 Å². The van der Waals surface area contributed by atoms with Crippen molar-refractivity contribution < 1.29 is 4.74 Å². The van der Waals surface area contributed by atoms with Crippen LogP contribution in [0.2, 0.25) is 0 Å². The predicted molar refractivity (Wildman–Crippen MR) is 92.2 cm³/mol. The maximum Gasteiger partial charge on any atom is 0.128 e. The Labute approximate surface area is 131 Å². The summed E-state index contributed by atoms with van der Waals surface area (Å²) >= 11 is 0. The summed E-state index contributed by atoms with van der Waals surface area (Å²) in [5.74, 6) is 0.894. The van der Waals surface area contributed by atoms with Crippen molar-refractivity contribution in [3.05, 3.63) is 59.8 Å². The van der Waals surface area contributed by atoms with Crippen LogP contribution in [0.5, 0.6) is 5.75 Å². The van der Waals surface area contributed by atoms with Gasteiger partial charge in [0, 0.05) is 17.1 Å². The summed E-state index contributed by atoms with van der Waals surface area (Å²) in [6, 6.07) is 16.7. The van der Waals surface area contributed by atoms with Gasteiger partial charge in [-0.1, -0.05) is 23.8 Å². The van der Waals surface area contributed by atoms with Crippen LogP contribution in [-0.2, 0) is 6.61 Å². The summed E-state index contributed by atoms with van der Waals surface area (Å²) in [7, 11) is 0. The summed E-state index contributed by atoms with van der Waals surface area (Å²) in [5.41, 5.74) is 10.3. The standard InChI is InChI=1S/C19H22N2O/c1-13(2)21-17(10-15-6-7-16(20)11-19(15)21)12-22-18-8-4-14(3)5-9-18/h4-11,13H,12,20H2,1-3H3. The molecule has 0 saturated carbocycles. The molecule has 1 aromatic heterocycles. The zero-order chi connectivity index (χ0) is 15.7. The SMILES string of the molecule is Cc1ccc(OCc2cc3ccc(N)cc3n2C(C)C)cc1. The van der Waals surface area contributed by atoms with E-state index in [2.05, 4.69) is 49.6 Å². The van der Waals surface area contributed by atoms with Crippen molar-refractivity contribution >= 4 is 16.6 Å². The van der Waals surface area contributed by atoms with Crippen LogP contribution in [-0.4, -0.2) is 4.57 Å². The van der Waals surface area contributed by atoms with E-state index < -0.39 is 0 Å². The highest BCUT2D eigenvalue weighted by atomic mass is 16.5. The smallest absolute Gasteiger partial charge is 0.128 e. The molecule has 2 N–H and O–H groups in total. The first-order valence-corrected chi connectivity index (χ1v) is 7.63. The zero-order valence-corrected chi connectivity index (χ0v) is 13.3. The first-order valence-electron chi connectivity index (χ1n) is 7.63. The monoisotopic (exact) mass is 294 g/mol. The van der Waals surface area contributed by atoms with E-state index in [0.717, 1.165) is 22.6 Å². The molecule has 0 aliphatic rings. The highest BCUT2D eigenvalue weighted by Crippen LogP contribution is 2.27. The molecule has 3 aromatic rings. The number of nitrogens with zero attached hydrogens (tertiary/aromatic N) is 1. The van der Waals surface area contributed by atoms with Gasteiger partial charge in [-0.3, -0.25) is 0 Å². The van der Waals surface area contributed by atoms with E-state index in [1.54, 1.807) is 0 Å². The summed E-state index contributed by atoms with van der Waals surface area (Å²) < 4.78 is 8.24. The molecule has 0 aliphatic heterocycles. The Morgan fingerprint density at radius 3 is 2.45 bits per heavy atom. The average Bonchev–Trinajstić information content (AvgIpc) is 2.84. The number of hydrogen-bond acceptors (Lipinski definition) is 2. The van der Waals surface area contributed by atoms with Crippen LogP contribution in [0.25, 0.3) is 10.9 Å². The lowest BCUT2D eigenvalue weighted by molar-refractivity contribution is 0.293. The summed E-state index contributed by atoms with van der Waals surface area (Å²) in [6.07, 6.45) is 0. The maximum atomic E-state index is 5.95. The van der Waals surface area contributed by atoms with Crippen molar-refractivity contribution in [2.24, 2.45) is 0 Å². The van der Waals surface area contributed by atoms with Gasteiger partial charge in [0.25, 0.3) is 0 Å². The molecule has 3 nitrogen and oxygen atoms in total. The van der Waals surface area contributed by atoms with Crippen LogP contribution in [0.15, 0.2) is 48.5 Å². The number of anilines is 1. The van der Waals surface area contributed by atoms with Gasteiger partial charge in [-0.05, 0) is 51.1 Å². The molecule has 2 aromatic carbocycles. The van der Waals surface area contributed by atoms with Crippen LogP contribution in [0.3, 0.4) is 0 Å². The number of fused-ring (bicyclic) bond motifs is 1. The lowest BCUT2D eigenvalue weighted by Gasteiger charge is -2.15. The third-order valence-electron chi connectivity index (χ3n) is 3.87. The number of nitrogen functional groups attached to an aromatic ring is 1. The molecule has 114 valence electrons. The van der Waals surface area contributed by atoms with Gasteiger partial charge in [0.15, 0.2) is 0 Å². The molecule has 22 heavy (non-hydrogen) atoms. The number of aryl methyl sites for hydroxylation is 1. The molecular weight excluding hydrogens is 272 g/mol. The second-order valence-electron chi connectivity index (χ2n) is 6.02. The number of rotatable bonds is 4. The van der Waals surface area contributed by atoms with Crippen molar-refractivity contribution in [3.8, 4) is 5.75 Å². The highest BCUT2D eigenvalue weighted by molar-refractivity contribution is 5.84. The number of ether oxygens (including phenoxy) is 1. The van der Waals surface area contributed by atoms with Crippen LogP contribution >= 0.6 is 0 Å². The van der Waals surface area contributed by atoms with Gasteiger partial charge in [0.05, 0.1) is 11.2 Å². The van der Waals surface area contributed by atoms with Gasteiger partial charge in [0.1, 0.15) is 12.4 Å². The van der Waals surface area contributed by atoms with E-state index in [4.69, 9.17) is 10.5 Å². The van der Waals surface area contributed by atoms with E-state index >= 15 is 0 Å². The Morgan fingerprint density at radius 2 is 1.77 bits per heavy atom. The van der Waals surface area contributed by atoms with Crippen molar-refractivity contribution in [1.29, 1.82) is 0 Å². The second-order valence-corrected chi connectivity index (χ2v) is 6.02. The molecule has 0 radical (unpaired) electrons. The molecule has 3 rings (SSSR count). The molecule has 1 heterocycles. The lowest BCUT2D eigenvalue weighted by atomic mass is 10.2. The molecule has 3 heteroatoms. The number of hydrogen-bond donors (Lipinski definition) is 1. The minimum absolute atomic E-state index is 0.357. The quantitative estimate of drug-likeness (QED) is 0.709. The van der Waals surface area contributed by atoms with Gasteiger partial charge in [-0.15, -0.1) is 0 Å². The van der Waals surface area contributed by atoms with Crippen LogP contribution in [0, 0.1) is 6.92 Å². The van der Waals surface area contributed by atoms with Crippen molar-refractivity contribution in [2.75, 3.05) is 5.73 Å². The Morgan fingerprint density at radius 1 is 1.05 bits per heavy atom. The van der Waals surface area contributed by atoms with Gasteiger partial charge < -0.3 is 15.0 Å². The largest absolute Gasteiger partial charge is 0.487 e. The van der Waals surface area contributed by atoms with E-state index in [9.17, 15) is 0 Å². The fourth-order valence-electron chi connectivity index (χ4n) is 2.81. The second kappa shape index (κ2) is 5.76. The van der Waals surface area contributed by atoms with Gasteiger partial charge in [-0.25, -0.2) is 0 Å². The van der Waals surface area contributed by atoms with Crippen molar-refractivity contribution in [3.63, 3.8) is 0 Å².